The van der Waals surface area contributed by atoms with Crippen molar-refractivity contribution in [1.82, 2.24) is 0 Å². The third kappa shape index (κ3) is 4.68. The van der Waals surface area contributed by atoms with Crippen molar-refractivity contribution in [2.75, 3.05) is 24.7 Å². The smallest absolute Gasteiger partial charge is 0.275 e. The highest BCUT2D eigenvalue weighted by Crippen LogP contribution is 2.26. The molecule has 0 heterocycles. The van der Waals surface area contributed by atoms with Gasteiger partial charge in [-0.15, -0.1) is 11.8 Å². The van der Waals surface area contributed by atoms with Gasteiger partial charge in [-0.05, 0) is 12.1 Å². The molecule has 0 unspecified atom stereocenters. The van der Waals surface area contributed by atoms with E-state index in [1.54, 1.807) is 17.8 Å². The number of methoxy groups -OCH3 is 1. The largest absolute Gasteiger partial charge is 0.496 e. The zero-order valence-corrected chi connectivity index (χ0v) is 12.4. The Hall–Kier alpha value is -2.21. The Labute approximate surface area is 127 Å². The standard InChI is InChI=1S/C15H16N2O3S/c1-20-14-10-12(9-13(11-14)17(18)19)16-7-8-21-15-5-3-2-4-6-15/h2-6,9-11,16H,7-8H2,1H3. The number of nitro groups is 1. The molecule has 0 saturated carbocycles. The zero-order valence-electron chi connectivity index (χ0n) is 11.6. The predicted molar refractivity (Wildman–Crippen MR) is 85.3 cm³/mol. The van der Waals surface area contributed by atoms with Gasteiger partial charge in [0.15, 0.2) is 0 Å². The van der Waals surface area contributed by atoms with E-state index in [-0.39, 0.29) is 5.69 Å². The van der Waals surface area contributed by atoms with Crippen LogP contribution in [0.4, 0.5) is 11.4 Å². The van der Waals surface area contributed by atoms with Gasteiger partial charge in [-0.3, -0.25) is 10.1 Å². The minimum Gasteiger partial charge on any atom is -0.496 e. The second-order valence-electron chi connectivity index (χ2n) is 4.27. The van der Waals surface area contributed by atoms with Crippen LogP contribution in [0.1, 0.15) is 0 Å². The lowest BCUT2D eigenvalue weighted by Gasteiger charge is -2.08. The van der Waals surface area contributed by atoms with Crippen LogP contribution in [0, 0.1) is 10.1 Å². The number of nitro benzene ring substituents is 1. The first-order valence-electron chi connectivity index (χ1n) is 6.44. The Morgan fingerprint density at radius 3 is 2.67 bits per heavy atom. The van der Waals surface area contributed by atoms with Crippen LogP contribution in [-0.2, 0) is 0 Å². The molecule has 0 radical (unpaired) electrons. The van der Waals surface area contributed by atoms with Gasteiger partial charge < -0.3 is 10.1 Å². The van der Waals surface area contributed by atoms with Crippen LogP contribution in [-0.4, -0.2) is 24.3 Å². The van der Waals surface area contributed by atoms with Crippen LogP contribution in [0.5, 0.6) is 5.75 Å². The summed E-state index contributed by atoms with van der Waals surface area (Å²) in [6.45, 7) is 0.712. The molecule has 1 N–H and O–H groups in total. The molecule has 0 aromatic heterocycles. The normalized spacial score (nSPS) is 10.1. The van der Waals surface area contributed by atoms with E-state index in [4.69, 9.17) is 4.74 Å². The molecule has 5 nitrogen and oxygen atoms in total. The molecule has 110 valence electrons. The van der Waals surface area contributed by atoms with Gasteiger partial charge in [0.1, 0.15) is 5.75 Å². The van der Waals surface area contributed by atoms with E-state index in [0.717, 1.165) is 5.75 Å². The molecule has 0 spiro atoms. The molecular formula is C15H16N2O3S. The first-order chi connectivity index (χ1) is 10.2. The summed E-state index contributed by atoms with van der Waals surface area (Å²) < 4.78 is 5.07. The number of nitrogens with zero attached hydrogens (tertiary/aromatic N) is 1. The minimum atomic E-state index is -0.424. The Kier molecular flexibility index (Phi) is 5.45. The lowest BCUT2D eigenvalue weighted by Crippen LogP contribution is -2.04. The van der Waals surface area contributed by atoms with Gasteiger partial charge in [0.2, 0.25) is 0 Å². The van der Waals surface area contributed by atoms with Gasteiger partial charge in [-0.2, -0.15) is 0 Å². The van der Waals surface area contributed by atoms with Gasteiger partial charge in [0.25, 0.3) is 5.69 Å². The maximum atomic E-state index is 10.9. The maximum absolute atomic E-state index is 10.9. The van der Waals surface area contributed by atoms with Crippen molar-refractivity contribution in [2.24, 2.45) is 0 Å². The average Bonchev–Trinajstić information content (AvgIpc) is 2.52. The SMILES string of the molecule is COc1cc(NCCSc2ccccc2)cc([N+](=O)[O-])c1. The molecule has 6 heteroatoms. The minimum absolute atomic E-state index is 0.0209. The van der Waals surface area contributed by atoms with Gasteiger partial charge >= 0.3 is 0 Å². The summed E-state index contributed by atoms with van der Waals surface area (Å²) in [5.41, 5.74) is 0.710. The number of non-ortho nitro benzene ring substituents is 1. The van der Waals surface area contributed by atoms with Crippen molar-refractivity contribution >= 4 is 23.1 Å². The molecule has 0 amide bonds. The van der Waals surface area contributed by atoms with Crippen molar-refractivity contribution in [3.63, 3.8) is 0 Å². The second kappa shape index (κ2) is 7.54. The summed E-state index contributed by atoms with van der Waals surface area (Å²) in [6, 6.07) is 14.8. The number of hydrogen-bond acceptors (Lipinski definition) is 5. The molecule has 21 heavy (non-hydrogen) atoms. The van der Waals surface area contributed by atoms with Gasteiger partial charge in [-0.25, -0.2) is 0 Å². The molecule has 0 aliphatic rings. The summed E-state index contributed by atoms with van der Waals surface area (Å²) in [5.74, 6) is 1.34. The molecule has 2 aromatic carbocycles. The highest BCUT2D eigenvalue weighted by atomic mass is 32.2. The van der Waals surface area contributed by atoms with Crippen LogP contribution in [0.3, 0.4) is 0 Å². The number of benzene rings is 2. The average molecular weight is 304 g/mol. The lowest BCUT2D eigenvalue weighted by molar-refractivity contribution is -0.384. The van der Waals surface area contributed by atoms with Crippen molar-refractivity contribution in [2.45, 2.75) is 4.90 Å². The summed E-state index contributed by atoms with van der Waals surface area (Å²) in [6.07, 6.45) is 0. The van der Waals surface area contributed by atoms with Gasteiger partial charge in [0.05, 0.1) is 18.1 Å². The molecule has 2 rings (SSSR count). The van der Waals surface area contributed by atoms with Crippen LogP contribution < -0.4 is 10.1 Å². The van der Waals surface area contributed by atoms with Crippen molar-refractivity contribution in [3.05, 3.63) is 58.6 Å². The monoisotopic (exact) mass is 304 g/mol. The fourth-order valence-electron chi connectivity index (χ4n) is 1.79. The van der Waals surface area contributed by atoms with Gasteiger partial charge in [0, 0.05) is 35.0 Å². The number of rotatable bonds is 7. The van der Waals surface area contributed by atoms with E-state index >= 15 is 0 Å². The predicted octanol–water partition coefficient (Wildman–Crippen LogP) is 3.81. The highest BCUT2D eigenvalue weighted by molar-refractivity contribution is 7.99. The van der Waals surface area contributed by atoms with Crippen molar-refractivity contribution < 1.29 is 9.66 Å². The Morgan fingerprint density at radius 2 is 2.00 bits per heavy atom. The molecular weight excluding hydrogens is 288 g/mol. The van der Waals surface area contributed by atoms with E-state index in [2.05, 4.69) is 17.4 Å². The fraction of sp³-hybridized carbons (Fsp3) is 0.200. The molecule has 0 bridgehead atoms. The topological polar surface area (TPSA) is 64.4 Å². The number of ether oxygens (including phenoxy) is 1. The van der Waals surface area contributed by atoms with Gasteiger partial charge in [-0.1, -0.05) is 18.2 Å². The zero-order chi connectivity index (χ0) is 15.1. The first-order valence-corrected chi connectivity index (χ1v) is 7.43. The summed E-state index contributed by atoms with van der Waals surface area (Å²) in [5, 5.41) is 14.0. The second-order valence-corrected chi connectivity index (χ2v) is 5.43. The Morgan fingerprint density at radius 1 is 1.24 bits per heavy atom. The van der Waals surface area contributed by atoms with Crippen LogP contribution in [0.25, 0.3) is 0 Å². The van der Waals surface area contributed by atoms with E-state index in [1.807, 2.05) is 18.2 Å². The van der Waals surface area contributed by atoms with E-state index < -0.39 is 4.92 Å². The van der Waals surface area contributed by atoms with E-state index in [0.29, 0.717) is 18.0 Å². The first kappa shape index (κ1) is 15.2. The third-order valence-corrected chi connectivity index (χ3v) is 3.79. The Balaban J connectivity index is 1.90. The molecule has 0 atom stereocenters. The highest BCUT2D eigenvalue weighted by Gasteiger charge is 2.09. The number of anilines is 1. The van der Waals surface area contributed by atoms with E-state index in [9.17, 15) is 10.1 Å². The number of hydrogen-bond donors (Lipinski definition) is 1. The quantitative estimate of drug-likeness (QED) is 0.365. The lowest BCUT2D eigenvalue weighted by atomic mass is 10.2. The maximum Gasteiger partial charge on any atom is 0.275 e. The fourth-order valence-corrected chi connectivity index (χ4v) is 2.58. The Bertz CT molecular complexity index is 605. The summed E-state index contributed by atoms with van der Waals surface area (Å²) in [7, 11) is 1.49. The summed E-state index contributed by atoms with van der Waals surface area (Å²) in [4.78, 5) is 11.6. The van der Waals surface area contributed by atoms with Crippen LogP contribution in [0.15, 0.2) is 53.4 Å². The molecule has 0 aliphatic heterocycles. The van der Waals surface area contributed by atoms with E-state index in [1.165, 1.54) is 24.1 Å². The summed E-state index contributed by atoms with van der Waals surface area (Å²) >= 11 is 1.73. The van der Waals surface area contributed by atoms with Crippen LogP contribution in [0.2, 0.25) is 0 Å². The molecule has 2 aromatic rings. The molecule has 0 saturated heterocycles. The molecule has 0 aliphatic carbocycles. The molecule has 0 fully saturated rings. The van der Waals surface area contributed by atoms with Crippen molar-refractivity contribution in [3.8, 4) is 5.75 Å². The number of nitrogens with one attached hydrogen (secondary N) is 1. The third-order valence-electron chi connectivity index (χ3n) is 2.78. The van der Waals surface area contributed by atoms with Crippen molar-refractivity contribution in [1.29, 1.82) is 0 Å². The van der Waals surface area contributed by atoms with Crippen LogP contribution >= 0.6 is 11.8 Å². The number of thioether (sulfide) groups is 1.